The van der Waals surface area contributed by atoms with Gasteiger partial charge in [-0.05, 0) is 172 Å². The molecule has 1 aliphatic carbocycles. The molecule has 7 aromatic carbocycles. The molecule has 0 N–H and O–H groups in total. The molecule has 1 aromatic heterocycles. The first kappa shape index (κ1) is 43.1. The molecule has 0 unspecified atom stereocenters. The summed E-state index contributed by atoms with van der Waals surface area (Å²) in [6.45, 7) is 22.4. The molecule has 77 heavy (non-hydrogen) atoms. The van der Waals surface area contributed by atoms with Crippen molar-refractivity contribution in [2.24, 2.45) is 0 Å². The van der Waals surface area contributed by atoms with Crippen molar-refractivity contribution in [3.63, 3.8) is 0 Å². The Morgan fingerprint density at radius 2 is 1.00 bits per heavy atom. The van der Waals surface area contributed by atoms with Gasteiger partial charge in [0.1, 0.15) is 0 Å². The predicted octanol–water partition coefficient (Wildman–Crippen LogP) is 19.8. The summed E-state index contributed by atoms with van der Waals surface area (Å²) in [5, 5.41) is 1.01. The van der Waals surface area contributed by atoms with Crippen LogP contribution in [0.1, 0.15) is 207 Å². The lowest BCUT2D eigenvalue weighted by Gasteiger charge is -2.45. The van der Waals surface area contributed by atoms with Crippen LogP contribution in [0, 0.1) is 0 Å². The molecule has 0 radical (unpaired) electrons. The molecule has 0 spiro atoms. The van der Waals surface area contributed by atoms with Crippen LogP contribution in [0.2, 0.25) is 0 Å². The van der Waals surface area contributed by atoms with E-state index < -0.39 is 32.7 Å². The summed E-state index contributed by atoms with van der Waals surface area (Å²) in [5.41, 5.74) is 12.9. The molecular formula is C73H85BN2S. The molecule has 1 fully saturated rings. The number of thiophene rings is 1. The highest BCUT2D eigenvalue weighted by molar-refractivity contribution is 7.33. The van der Waals surface area contributed by atoms with Crippen molar-refractivity contribution in [3.05, 3.63) is 172 Å². The van der Waals surface area contributed by atoms with Crippen LogP contribution in [0.4, 0.5) is 34.1 Å². The summed E-state index contributed by atoms with van der Waals surface area (Å²) >= 11 is 1.76. The standard InChI is InChI=1S/C73H85BN2S/c1-68(2,3)50-25-21-24-47(36-50)46-26-31-56(32-27-46)75-61-34-29-52(70(7,8)9)42-59(61)74-65-62(75)43-55(73(16,17)18)44-63(65)76(66-58-41-51(69(4,5)6)30-35-64(58)77-67(66)74)60-33-28-48(45-22-19-20-23-45)39-57(60)49-37-53(71(10,11)12)40-54(38-49)72(13,14)15/h21,24-45H,19-20,22-23H2,1-18H3/i16D3,17D3,18D3. The number of hydrogen-bond acceptors (Lipinski definition) is 3. The zero-order valence-corrected chi connectivity index (χ0v) is 49.3. The number of anilines is 6. The molecule has 2 nitrogen and oxygen atoms in total. The molecule has 0 bridgehead atoms. The Morgan fingerprint density at radius 1 is 0.455 bits per heavy atom. The van der Waals surface area contributed by atoms with Gasteiger partial charge in [-0.1, -0.05) is 216 Å². The van der Waals surface area contributed by atoms with Crippen LogP contribution in [-0.4, -0.2) is 6.71 Å². The van der Waals surface area contributed by atoms with Gasteiger partial charge in [-0.15, -0.1) is 11.3 Å². The van der Waals surface area contributed by atoms with Gasteiger partial charge in [0.2, 0.25) is 0 Å². The molecule has 11 rings (SSSR count). The molecule has 2 aliphatic heterocycles. The molecule has 8 aromatic rings. The van der Waals surface area contributed by atoms with Crippen LogP contribution in [0.5, 0.6) is 0 Å². The van der Waals surface area contributed by atoms with Gasteiger partial charge in [-0.25, -0.2) is 0 Å². The van der Waals surface area contributed by atoms with Crippen LogP contribution < -0.4 is 25.5 Å². The number of rotatable bonds is 5. The normalized spacial score (nSPS) is 17.5. The Balaban J connectivity index is 1.34. The summed E-state index contributed by atoms with van der Waals surface area (Å²) < 4.78 is 86.4. The second-order valence-electron chi connectivity index (χ2n) is 28.0. The Kier molecular flexibility index (Phi) is 10.3. The van der Waals surface area contributed by atoms with Gasteiger partial charge in [0.05, 0.1) is 11.4 Å². The van der Waals surface area contributed by atoms with Gasteiger partial charge in [-0.3, -0.25) is 0 Å². The second-order valence-corrected chi connectivity index (χ2v) is 29.1. The van der Waals surface area contributed by atoms with Crippen LogP contribution in [0.25, 0.3) is 32.3 Å². The minimum Gasteiger partial charge on any atom is -0.311 e. The van der Waals surface area contributed by atoms with Crippen LogP contribution in [0.3, 0.4) is 0 Å². The number of fused-ring (bicyclic) bond motifs is 6. The topological polar surface area (TPSA) is 6.48 Å². The summed E-state index contributed by atoms with van der Waals surface area (Å²) in [6, 6.07) is 47.7. The Hall–Kier alpha value is -5.84. The minimum absolute atomic E-state index is 0.0743. The fourth-order valence-corrected chi connectivity index (χ4v) is 13.6. The van der Waals surface area contributed by atoms with E-state index in [-0.39, 0.29) is 32.6 Å². The van der Waals surface area contributed by atoms with Crippen molar-refractivity contribution >= 4 is 78.0 Å². The first-order valence-electron chi connectivity index (χ1n) is 32.7. The van der Waals surface area contributed by atoms with Crippen molar-refractivity contribution in [1.82, 2.24) is 0 Å². The third kappa shape index (κ3) is 9.61. The van der Waals surface area contributed by atoms with E-state index in [0.29, 0.717) is 17.3 Å². The Labute approximate surface area is 481 Å². The lowest BCUT2D eigenvalue weighted by atomic mass is 9.36. The molecule has 0 amide bonds. The maximum Gasteiger partial charge on any atom is 0.264 e. The van der Waals surface area contributed by atoms with Gasteiger partial charge in [0.15, 0.2) is 0 Å². The smallest absolute Gasteiger partial charge is 0.264 e. The average molecular weight is 1040 g/mol. The molecule has 396 valence electrons. The highest BCUT2D eigenvalue weighted by Gasteiger charge is 2.47. The maximum absolute atomic E-state index is 9.36. The summed E-state index contributed by atoms with van der Waals surface area (Å²) in [4.78, 5) is 4.43. The summed E-state index contributed by atoms with van der Waals surface area (Å²) in [6.07, 6.45) is 4.48. The first-order valence-corrected chi connectivity index (χ1v) is 29.0. The van der Waals surface area contributed by atoms with E-state index in [0.717, 1.165) is 108 Å². The number of benzene rings is 7. The van der Waals surface area contributed by atoms with E-state index >= 15 is 0 Å². The first-order chi connectivity index (χ1) is 39.7. The average Bonchev–Trinajstić information content (AvgIpc) is 1.07. The van der Waals surface area contributed by atoms with Crippen LogP contribution in [0.15, 0.2) is 133 Å². The summed E-state index contributed by atoms with van der Waals surface area (Å²) in [5.74, 6) is 0.360. The molecule has 0 atom stereocenters. The van der Waals surface area contributed by atoms with E-state index in [4.69, 9.17) is 0 Å². The molecule has 1 saturated carbocycles. The van der Waals surface area contributed by atoms with E-state index in [1.54, 1.807) is 23.5 Å². The van der Waals surface area contributed by atoms with Crippen molar-refractivity contribution in [1.29, 1.82) is 0 Å². The number of nitrogens with zero attached hydrogens (tertiary/aromatic N) is 2. The summed E-state index contributed by atoms with van der Waals surface area (Å²) in [7, 11) is 0. The maximum atomic E-state index is 9.36. The minimum atomic E-state index is -3.54. The van der Waals surface area contributed by atoms with Crippen molar-refractivity contribution in [3.8, 4) is 22.3 Å². The fraction of sp³-hybridized carbons (Fsp3) is 0.397. The molecule has 4 heteroatoms. The van der Waals surface area contributed by atoms with Crippen LogP contribution >= 0.6 is 11.3 Å². The van der Waals surface area contributed by atoms with Crippen molar-refractivity contribution < 1.29 is 12.3 Å². The Bertz CT molecular complexity index is 3890. The van der Waals surface area contributed by atoms with Crippen molar-refractivity contribution in [2.45, 2.75) is 189 Å². The molecule has 0 saturated heterocycles. The molecular weight excluding hydrogens is 948 g/mol. The van der Waals surface area contributed by atoms with Gasteiger partial charge in [0, 0.05) is 55.5 Å². The van der Waals surface area contributed by atoms with Gasteiger partial charge < -0.3 is 9.80 Å². The van der Waals surface area contributed by atoms with Gasteiger partial charge >= 0.3 is 0 Å². The zero-order valence-electron chi connectivity index (χ0n) is 57.5. The third-order valence-corrected chi connectivity index (χ3v) is 18.3. The second kappa shape index (κ2) is 18.4. The predicted molar refractivity (Wildman–Crippen MR) is 340 cm³/mol. The van der Waals surface area contributed by atoms with Gasteiger partial charge in [0.25, 0.3) is 6.71 Å². The highest BCUT2D eigenvalue weighted by atomic mass is 32.1. The van der Waals surface area contributed by atoms with Gasteiger partial charge in [-0.2, -0.15) is 0 Å². The largest absolute Gasteiger partial charge is 0.311 e. The zero-order chi connectivity index (χ0) is 62.6. The fourth-order valence-electron chi connectivity index (χ4n) is 12.3. The van der Waals surface area contributed by atoms with Crippen molar-refractivity contribution in [2.75, 3.05) is 9.80 Å². The molecule has 3 heterocycles. The van der Waals surface area contributed by atoms with E-state index in [9.17, 15) is 12.3 Å². The van der Waals surface area contributed by atoms with E-state index in [1.807, 2.05) is 0 Å². The number of hydrogen-bond donors (Lipinski definition) is 0. The molecule has 3 aliphatic rings. The SMILES string of the molecule is [2H]C([2H])([2H])C(c1cc2c3c(c1)N(c1ccc(C4CCCC4)cc1-c1cc(C(C)(C)C)cc(C(C)(C)C)c1)c1c(sc4ccc(C(C)(C)C)cc14)B3c1cc(C(C)(C)C)ccc1N2c1ccc(-c2cccc(C(C)(C)C)c2)cc1)(C([2H])([2H])[2H])C([2H])([2H])[2H]. The quantitative estimate of drug-likeness (QED) is 0.159. The van der Waals surface area contributed by atoms with Crippen LogP contribution in [-0.2, 0) is 32.5 Å². The highest BCUT2D eigenvalue weighted by Crippen LogP contribution is 2.53. The lowest BCUT2D eigenvalue weighted by molar-refractivity contribution is 0.569. The Morgan fingerprint density at radius 3 is 1.61 bits per heavy atom. The monoisotopic (exact) mass is 1040 g/mol. The lowest BCUT2D eigenvalue weighted by Crippen LogP contribution is -2.60. The third-order valence-electron chi connectivity index (χ3n) is 17.1. The van der Waals surface area contributed by atoms with E-state index in [1.165, 1.54) is 22.3 Å². The van der Waals surface area contributed by atoms with E-state index in [2.05, 4.69) is 235 Å².